The maximum atomic E-state index is 12.2. The number of carboxylic acid groups (broad SMARTS) is 1. The van der Waals surface area contributed by atoms with Crippen LogP contribution in [0.25, 0.3) is 5.52 Å². The van der Waals surface area contributed by atoms with Crippen LogP contribution in [0.15, 0.2) is 42.0 Å². The summed E-state index contributed by atoms with van der Waals surface area (Å²) < 4.78 is 2.84. The Morgan fingerprint density at radius 1 is 1.35 bits per heavy atom. The van der Waals surface area contributed by atoms with Crippen LogP contribution in [-0.4, -0.2) is 35.2 Å². The molecule has 8 heteroatoms. The molecule has 0 atom stereocenters. The smallest absolute Gasteiger partial charge is 0.339 e. The summed E-state index contributed by atoms with van der Waals surface area (Å²) in [6.07, 6.45) is 7.15. The second-order valence-electron chi connectivity index (χ2n) is 4.08. The average Bonchev–Trinajstić information content (AvgIpc) is 2.91. The second kappa shape index (κ2) is 4.57. The molecule has 0 radical (unpaired) electrons. The molecule has 0 bridgehead atoms. The number of rotatable bonds is 3. The molecule has 3 rings (SSSR count). The summed E-state index contributed by atoms with van der Waals surface area (Å²) in [7, 11) is 0. The lowest BCUT2D eigenvalue weighted by Gasteiger charge is -2.07. The third-order valence-electron chi connectivity index (χ3n) is 2.88. The van der Waals surface area contributed by atoms with Crippen molar-refractivity contribution in [1.82, 2.24) is 24.1 Å². The van der Waals surface area contributed by atoms with E-state index >= 15 is 0 Å². The van der Waals surface area contributed by atoms with E-state index in [2.05, 4.69) is 15.1 Å². The number of carboxylic acids is 1. The van der Waals surface area contributed by atoms with Gasteiger partial charge in [0.25, 0.3) is 5.56 Å². The van der Waals surface area contributed by atoms with E-state index < -0.39 is 5.97 Å². The lowest BCUT2D eigenvalue weighted by Crippen LogP contribution is -2.23. The van der Waals surface area contributed by atoms with Gasteiger partial charge in [0.15, 0.2) is 0 Å². The molecule has 0 aliphatic heterocycles. The molecule has 0 aromatic carbocycles. The molecule has 8 nitrogen and oxygen atoms in total. The van der Waals surface area contributed by atoms with Crippen LogP contribution >= 0.6 is 0 Å². The minimum Gasteiger partial charge on any atom is -0.478 e. The van der Waals surface area contributed by atoms with E-state index in [1.165, 1.54) is 34.0 Å². The van der Waals surface area contributed by atoms with E-state index in [1.807, 2.05) is 0 Å². The van der Waals surface area contributed by atoms with Crippen LogP contribution in [0.4, 0.5) is 0 Å². The summed E-state index contributed by atoms with van der Waals surface area (Å²) in [6.45, 7) is 0.0602. The van der Waals surface area contributed by atoms with Crippen LogP contribution in [0.1, 0.15) is 16.1 Å². The van der Waals surface area contributed by atoms with Gasteiger partial charge in [0.05, 0.1) is 18.4 Å². The molecular formula is C12H9N5O3. The summed E-state index contributed by atoms with van der Waals surface area (Å²) in [5.74, 6) is -1.13. The SMILES string of the molecule is O=C(O)c1cncnc1Cn1ccn2nccc2c1=O. The highest BCUT2D eigenvalue weighted by molar-refractivity contribution is 5.88. The molecule has 3 aromatic rings. The maximum absolute atomic E-state index is 12.2. The molecular weight excluding hydrogens is 262 g/mol. The number of carbonyl (C=O) groups is 1. The molecule has 0 fully saturated rings. The second-order valence-corrected chi connectivity index (χ2v) is 4.08. The molecule has 0 amide bonds. The van der Waals surface area contributed by atoms with Gasteiger partial charge >= 0.3 is 5.97 Å². The summed E-state index contributed by atoms with van der Waals surface area (Å²) in [6, 6.07) is 1.59. The van der Waals surface area contributed by atoms with Gasteiger partial charge in [-0.3, -0.25) is 4.79 Å². The van der Waals surface area contributed by atoms with Crippen molar-refractivity contribution in [2.45, 2.75) is 6.54 Å². The van der Waals surface area contributed by atoms with Crippen molar-refractivity contribution in [3.8, 4) is 0 Å². The monoisotopic (exact) mass is 271 g/mol. The lowest BCUT2D eigenvalue weighted by molar-refractivity contribution is 0.0694. The first kappa shape index (κ1) is 12.0. The van der Waals surface area contributed by atoms with Gasteiger partial charge in [0.1, 0.15) is 17.4 Å². The van der Waals surface area contributed by atoms with E-state index in [9.17, 15) is 9.59 Å². The van der Waals surface area contributed by atoms with Crippen LogP contribution < -0.4 is 5.56 Å². The van der Waals surface area contributed by atoms with Crippen LogP contribution in [0, 0.1) is 0 Å². The highest BCUT2D eigenvalue weighted by Gasteiger charge is 2.13. The van der Waals surface area contributed by atoms with E-state index in [4.69, 9.17) is 5.11 Å². The first-order valence-electron chi connectivity index (χ1n) is 5.72. The Morgan fingerprint density at radius 3 is 3.00 bits per heavy atom. The Labute approximate surface area is 112 Å². The summed E-state index contributed by atoms with van der Waals surface area (Å²) in [5.41, 5.74) is 0.407. The predicted octanol–water partition coefficient (Wildman–Crippen LogP) is 0.0325. The maximum Gasteiger partial charge on any atom is 0.339 e. The van der Waals surface area contributed by atoms with E-state index in [0.29, 0.717) is 5.52 Å². The van der Waals surface area contributed by atoms with E-state index in [-0.39, 0.29) is 23.4 Å². The van der Waals surface area contributed by atoms with Gasteiger partial charge in [0, 0.05) is 18.6 Å². The van der Waals surface area contributed by atoms with Crippen molar-refractivity contribution in [2.24, 2.45) is 0 Å². The van der Waals surface area contributed by atoms with Crippen molar-refractivity contribution in [3.63, 3.8) is 0 Å². The topological polar surface area (TPSA) is 102 Å². The predicted molar refractivity (Wildman–Crippen MR) is 67.5 cm³/mol. The number of nitrogens with zero attached hydrogens (tertiary/aromatic N) is 5. The normalized spacial score (nSPS) is 10.8. The molecule has 0 aliphatic carbocycles. The largest absolute Gasteiger partial charge is 0.478 e. The van der Waals surface area contributed by atoms with Crippen LogP contribution in [-0.2, 0) is 6.54 Å². The van der Waals surface area contributed by atoms with Gasteiger partial charge in [-0.05, 0) is 6.07 Å². The highest BCUT2D eigenvalue weighted by Crippen LogP contribution is 2.05. The van der Waals surface area contributed by atoms with E-state index in [1.54, 1.807) is 12.3 Å². The van der Waals surface area contributed by atoms with Gasteiger partial charge in [-0.1, -0.05) is 0 Å². The summed E-state index contributed by atoms with van der Waals surface area (Å²) >= 11 is 0. The van der Waals surface area contributed by atoms with Gasteiger partial charge in [-0.2, -0.15) is 5.10 Å². The fraction of sp³-hybridized carbons (Fsp3) is 0.0833. The first-order valence-corrected chi connectivity index (χ1v) is 5.72. The summed E-state index contributed by atoms with van der Waals surface area (Å²) in [5, 5.41) is 13.0. The molecule has 0 unspecified atom stereocenters. The fourth-order valence-electron chi connectivity index (χ4n) is 1.91. The number of fused-ring (bicyclic) bond motifs is 1. The third-order valence-corrected chi connectivity index (χ3v) is 2.88. The number of hydrogen-bond donors (Lipinski definition) is 1. The van der Waals surface area contributed by atoms with Crippen LogP contribution in [0.5, 0.6) is 0 Å². The van der Waals surface area contributed by atoms with Crippen molar-refractivity contribution >= 4 is 11.5 Å². The zero-order chi connectivity index (χ0) is 14.1. The Hall–Kier alpha value is -3.03. The van der Waals surface area contributed by atoms with Gasteiger partial charge in [-0.15, -0.1) is 0 Å². The highest BCUT2D eigenvalue weighted by atomic mass is 16.4. The van der Waals surface area contributed by atoms with Gasteiger partial charge < -0.3 is 9.67 Å². The Kier molecular flexibility index (Phi) is 2.75. The Balaban J connectivity index is 2.08. The zero-order valence-corrected chi connectivity index (χ0v) is 10.2. The molecule has 3 aromatic heterocycles. The van der Waals surface area contributed by atoms with Crippen molar-refractivity contribution < 1.29 is 9.90 Å². The molecule has 0 saturated heterocycles. The fourth-order valence-corrected chi connectivity index (χ4v) is 1.91. The standard InChI is InChI=1S/C12H9N5O3/c18-11-10-1-2-15-17(10)4-3-16(11)6-9-8(12(19)20)5-13-7-14-9/h1-5,7H,6H2,(H,19,20). The molecule has 0 spiro atoms. The minimum absolute atomic E-state index is 0.0206. The molecule has 3 heterocycles. The van der Waals surface area contributed by atoms with Gasteiger partial charge in [-0.25, -0.2) is 19.3 Å². The quantitative estimate of drug-likeness (QED) is 0.721. The molecule has 1 N–H and O–H groups in total. The van der Waals surface area contributed by atoms with Crippen molar-refractivity contribution in [3.05, 3.63) is 58.8 Å². The molecule has 0 aliphatic rings. The Morgan fingerprint density at radius 2 is 2.20 bits per heavy atom. The Bertz CT molecular complexity index is 851. The molecule has 0 saturated carbocycles. The average molecular weight is 271 g/mol. The third kappa shape index (κ3) is 1.92. The number of aromatic nitrogens is 5. The minimum atomic E-state index is -1.13. The molecule has 100 valence electrons. The van der Waals surface area contributed by atoms with E-state index in [0.717, 1.165) is 0 Å². The van der Waals surface area contributed by atoms with Crippen LogP contribution in [0.2, 0.25) is 0 Å². The number of hydrogen-bond acceptors (Lipinski definition) is 5. The van der Waals surface area contributed by atoms with Crippen molar-refractivity contribution in [1.29, 1.82) is 0 Å². The lowest BCUT2D eigenvalue weighted by atomic mass is 10.2. The summed E-state index contributed by atoms with van der Waals surface area (Å²) in [4.78, 5) is 30.9. The molecule has 20 heavy (non-hydrogen) atoms. The first-order chi connectivity index (χ1) is 9.66. The van der Waals surface area contributed by atoms with Crippen molar-refractivity contribution in [2.75, 3.05) is 0 Å². The zero-order valence-electron chi connectivity index (χ0n) is 10.2. The number of aromatic carboxylic acids is 1. The van der Waals surface area contributed by atoms with Gasteiger partial charge in [0.2, 0.25) is 0 Å². The van der Waals surface area contributed by atoms with Crippen LogP contribution in [0.3, 0.4) is 0 Å².